The Hall–Kier alpha value is -3.57. The zero-order valence-corrected chi connectivity index (χ0v) is 24.0. The van der Waals surface area contributed by atoms with Gasteiger partial charge >= 0.3 is 11.8 Å². The topological polar surface area (TPSA) is 133 Å². The molecule has 1 saturated carbocycles. The molecular formula is C29H36N8O2S. The van der Waals surface area contributed by atoms with Crippen LogP contribution in [0.1, 0.15) is 68.0 Å². The highest BCUT2D eigenvalue weighted by Gasteiger charge is 2.35. The molecule has 11 heteroatoms. The predicted octanol–water partition coefficient (Wildman–Crippen LogP) is 4.68. The van der Waals surface area contributed by atoms with E-state index >= 15 is 0 Å². The maximum absolute atomic E-state index is 13.5. The minimum absolute atomic E-state index is 0.184. The van der Waals surface area contributed by atoms with E-state index in [0.717, 1.165) is 23.9 Å². The van der Waals surface area contributed by atoms with Crippen LogP contribution in [0.3, 0.4) is 0 Å². The highest BCUT2D eigenvalue weighted by molar-refractivity contribution is 7.18. The molecule has 0 radical (unpaired) electrons. The Kier molecular flexibility index (Phi) is 7.18. The summed E-state index contributed by atoms with van der Waals surface area (Å²) in [6.45, 7) is 2.64. The van der Waals surface area contributed by atoms with Crippen LogP contribution in [0.5, 0.6) is 0 Å². The molecule has 210 valence electrons. The number of benzene rings is 1. The van der Waals surface area contributed by atoms with E-state index in [2.05, 4.69) is 64.6 Å². The number of carbonyl (C=O) groups is 2. The number of pyridine rings is 1. The number of fused-ring (bicyclic) bond motifs is 2. The lowest BCUT2D eigenvalue weighted by molar-refractivity contribution is -0.146. The number of rotatable bonds is 4. The van der Waals surface area contributed by atoms with Gasteiger partial charge in [-0.3, -0.25) is 14.7 Å². The lowest BCUT2D eigenvalue weighted by atomic mass is 9.86. The van der Waals surface area contributed by atoms with E-state index in [1.165, 1.54) is 41.6 Å². The Morgan fingerprint density at radius 3 is 2.70 bits per heavy atom. The molecule has 4 N–H and O–H groups in total. The number of thiazole rings is 1. The summed E-state index contributed by atoms with van der Waals surface area (Å²) in [5.41, 5.74) is 8.83. The fourth-order valence-corrected chi connectivity index (χ4v) is 7.38. The van der Waals surface area contributed by atoms with Gasteiger partial charge in [-0.1, -0.05) is 13.0 Å². The van der Waals surface area contributed by atoms with Crippen molar-refractivity contribution >= 4 is 55.8 Å². The van der Waals surface area contributed by atoms with E-state index in [-0.39, 0.29) is 6.04 Å². The van der Waals surface area contributed by atoms with Gasteiger partial charge in [0.15, 0.2) is 0 Å². The molecule has 1 aromatic carbocycles. The monoisotopic (exact) mass is 560 g/mol. The molecule has 4 heterocycles. The van der Waals surface area contributed by atoms with Crippen molar-refractivity contribution in [2.24, 2.45) is 5.92 Å². The van der Waals surface area contributed by atoms with Crippen LogP contribution in [0.4, 0.5) is 11.5 Å². The molecule has 0 bridgehead atoms. The largest absolute Gasteiger partial charge is 0.383 e. The van der Waals surface area contributed by atoms with E-state index in [9.17, 15) is 9.59 Å². The molecular weight excluding hydrogens is 524 g/mol. The highest BCUT2D eigenvalue weighted by Crippen LogP contribution is 2.40. The van der Waals surface area contributed by atoms with Crippen LogP contribution >= 0.6 is 11.3 Å². The third kappa shape index (κ3) is 5.03. The molecule has 2 fully saturated rings. The maximum atomic E-state index is 13.5. The standard InChI is InChI=1S/C29H36N8O2S/c1-16-4-10-23(37(15-16)29(39)27(38)33-22-14-31-26(30)20-13-32-35-25(20)22)18-7-11-24-21(12-18)34-28(40-24)17-5-8-19(9-6-17)36(2)3/h7,11-14,16-17,19,23H,4-6,8-10,15H2,1-3H3,(H2,30,31)(H,32,35)(H,33,38)/t16-,17?,19?,23+/m0/s1. The summed E-state index contributed by atoms with van der Waals surface area (Å²) < 4.78 is 1.17. The van der Waals surface area contributed by atoms with E-state index in [1.807, 2.05) is 0 Å². The highest BCUT2D eigenvalue weighted by atomic mass is 32.1. The third-order valence-corrected chi connectivity index (χ3v) is 9.83. The molecule has 2 amide bonds. The number of nitrogens with zero attached hydrogens (tertiary/aromatic N) is 5. The number of hydrogen-bond donors (Lipinski definition) is 3. The summed E-state index contributed by atoms with van der Waals surface area (Å²) in [6.07, 6.45) is 9.52. The number of amides is 2. The summed E-state index contributed by atoms with van der Waals surface area (Å²) in [4.78, 5) is 40.0. The molecule has 0 unspecified atom stereocenters. The van der Waals surface area contributed by atoms with Crippen LogP contribution in [0.2, 0.25) is 0 Å². The fraction of sp³-hybridized carbons (Fsp3) is 0.483. The van der Waals surface area contributed by atoms with Gasteiger partial charge < -0.3 is 20.9 Å². The number of nitrogens with two attached hydrogens (primary N) is 1. The van der Waals surface area contributed by atoms with Crippen LogP contribution in [-0.4, -0.2) is 68.5 Å². The van der Waals surface area contributed by atoms with Crippen molar-refractivity contribution in [2.75, 3.05) is 31.7 Å². The second-order valence-electron chi connectivity index (χ2n) is 11.6. The minimum atomic E-state index is -0.702. The number of nitrogens with one attached hydrogen (secondary N) is 2. The van der Waals surface area contributed by atoms with Crippen molar-refractivity contribution in [1.29, 1.82) is 0 Å². The summed E-state index contributed by atoms with van der Waals surface area (Å²) in [6, 6.07) is 6.83. The molecule has 1 aliphatic heterocycles. The Morgan fingerprint density at radius 2 is 1.93 bits per heavy atom. The van der Waals surface area contributed by atoms with Crippen molar-refractivity contribution in [2.45, 2.75) is 63.5 Å². The average molecular weight is 561 g/mol. The van der Waals surface area contributed by atoms with Crippen molar-refractivity contribution in [3.05, 3.63) is 41.2 Å². The Balaban J connectivity index is 1.22. The van der Waals surface area contributed by atoms with Crippen molar-refractivity contribution in [3.63, 3.8) is 0 Å². The van der Waals surface area contributed by atoms with Gasteiger partial charge in [0.25, 0.3) is 0 Å². The molecule has 2 aliphatic rings. The second-order valence-corrected chi connectivity index (χ2v) is 12.6. The average Bonchev–Trinajstić information content (AvgIpc) is 3.62. The Labute approximate surface area is 237 Å². The zero-order valence-electron chi connectivity index (χ0n) is 23.2. The third-order valence-electron chi connectivity index (χ3n) is 8.63. The number of aromatic nitrogens is 4. The van der Waals surface area contributed by atoms with Crippen LogP contribution < -0.4 is 11.1 Å². The summed E-state index contributed by atoms with van der Waals surface area (Å²) >= 11 is 1.79. The van der Waals surface area contributed by atoms with E-state index in [4.69, 9.17) is 10.7 Å². The molecule has 4 aromatic rings. The quantitative estimate of drug-likeness (QED) is 0.309. The van der Waals surface area contributed by atoms with Gasteiger partial charge in [0.05, 0.1) is 50.3 Å². The van der Waals surface area contributed by atoms with Gasteiger partial charge in [-0.05, 0) is 76.2 Å². The number of aromatic amines is 1. The number of carbonyl (C=O) groups excluding carboxylic acids is 2. The smallest absolute Gasteiger partial charge is 0.314 e. The number of H-pyrrole nitrogens is 1. The normalized spacial score (nSPS) is 23.6. The van der Waals surface area contributed by atoms with Crippen molar-refractivity contribution < 1.29 is 9.59 Å². The fourth-order valence-electron chi connectivity index (χ4n) is 6.26. The minimum Gasteiger partial charge on any atom is -0.383 e. The molecule has 6 rings (SSSR count). The first kappa shape index (κ1) is 26.6. The van der Waals surface area contributed by atoms with Crippen LogP contribution in [0, 0.1) is 5.92 Å². The second kappa shape index (κ2) is 10.8. The molecule has 2 atom stereocenters. The van der Waals surface area contributed by atoms with E-state index in [0.29, 0.717) is 46.8 Å². The molecule has 40 heavy (non-hydrogen) atoms. The first-order chi connectivity index (χ1) is 19.3. The first-order valence-electron chi connectivity index (χ1n) is 14.0. The van der Waals surface area contributed by atoms with Gasteiger partial charge in [-0.15, -0.1) is 11.3 Å². The number of anilines is 2. The van der Waals surface area contributed by atoms with E-state index in [1.54, 1.807) is 22.4 Å². The van der Waals surface area contributed by atoms with Crippen molar-refractivity contribution in [3.8, 4) is 0 Å². The molecule has 1 saturated heterocycles. The number of hydrogen-bond acceptors (Lipinski definition) is 8. The summed E-state index contributed by atoms with van der Waals surface area (Å²) in [7, 11) is 4.34. The van der Waals surface area contributed by atoms with Gasteiger partial charge in [0.1, 0.15) is 5.82 Å². The van der Waals surface area contributed by atoms with Gasteiger partial charge in [-0.25, -0.2) is 9.97 Å². The van der Waals surface area contributed by atoms with Gasteiger partial charge in [0.2, 0.25) is 0 Å². The maximum Gasteiger partial charge on any atom is 0.314 e. The van der Waals surface area contributed by atoms with Gasteiger partial charge in [0, 0.05) is 18.5 Å². The van der Waals surface area contributed by atoms with Crippen LogP contribution in [-0.2, 0) is 9.59 Å². The summed E-state index contributed by atoms with van der Waals surface area (Å²) in [5, 5.41) is 11.4. The Bertz CT molecular complexity index is 1550. The summed E-state index contributed by atoms with van der Waals surface area (Å²) in [5.74, 6) is -0.138. The number of piperidine rings is 1. The molecule has 10 nitrogen and oxygen atoms in total. The predicted molar refractivity (Wildman–Crippen MR) is 158 cm³/mol. The van der Waals surface area contributed by atoms with Crippen LogP contribution in [0.25, 0.3) is 21.1 Å². The van der Waals surface area contributed by atoms with Crippen molar-refractivity contribution in [1.82, 2.24) is 30.0 Å². The van der Waals surface area contributed by atoms with E-state index < -0.39 is 11.8 Å². The lowest BCUT2D eigenvalue weighted by Gasteiger charge is -2.38. The number of likely N-dealkylation sites (tertiary alicyclic amines) is 1. The number of nitrogen functional groups attached to an aromatic ring is 1. The first-order valence-corrected chi connectivity index (χ1v) is 14.9. The zero-order chi connectivity index (χ0) is 28.0. The lowest BCUT2D eigenvalue weighted by Crippen LogP contribution is -2.46. The van der Waals surface area contributed by atoms with Gasteiger partial charge in [-0.2, -0.15) is 5.10 Å². The SMILES string of the molecule is C[C@H]1CC[C@H](c2ccc3sc(C4CCC(N(C)C)CC4)nc3c2)N(C(=O)C(=O)Nc2cnc(N)c3cn[nH]c23)C1. The Morgan fingerprint density at radius 1 is 1.12 bits per heavy atom. The molecule has 3 aromatic heterocycles. The molecule has 1 aliphatic carbocycles. The van der Waals surface area contributed by atoms with Crippen LogP contribution in [0.15, 0.2) is 30.6 Å². The molecule has 0 spiro atoms.